The second kappa shape index (κ2) is 10.7. The molecule has 0 aromatic heterocycles. The molecule has 0 bridgehead atoms. The first kappa shape index (κ1) is 24.6. The number of nitrogens with one attached hydrogen (secondary N) is 1. The van der Waals surface area contributed by atoms with Crippen LogP contribution < -0.4 is 24.3 Å². The van der Waals surface area contributed by atoms with Gasteiger partial charge in [-0.3, -0.25) is 4.79 Å². The van der Waals surface area contributed by atoms with E-state index in [1.807, 2.05) is 0 Å². The van der Waals surface area contributed by atoms with Gasteiger partial charge < -0.3 is 29.0 Å². The highest BCUT2D eigenvalue weighted by atomic mass is 32.2. The average molecular weight is 481 g/mol. The molecular weight excluding hydrogens is 452 g/mol. The lowest BCUT2D eigenvalue weighted by molar-refractivity contribution is 0.0730. The molecule has 2 aromatic carbocycles. The fourth-order valence-corrected chi connectivity index (χ4v) is 4.90. The lowest BCUT2D eigenvalue weighted by atomic mass is 10.1. The van der Waals surface area contributed by atoms with E-state index < -0.39 is 15.9 Å². The van der Waals surface area contributed by atoms with Crippen molar-refractivity contribution < 1.29 is 36.9 Å². The van der Waals surface area contributed by atoms with Gasteiger partial charge in [-0.1, -0.05) is 0 Å². The van der Waals surface area contributed by atoms with Gasteiger partial charge in [-0.15, -0.1) is 0 Å². The maximum atomic E-state index is 13.0. The molecule has 33 heavy (non-hydrogen) atoms. The first-order valence-corrected chi connectivity index (χ1v) is 11.6. The molecule has 0 aliphatic carbocycles. The Morgan fingerprint density at radius 2 is 1.52 bits per heavy atom. The number of ether oxygens (including phenoxy) is 5. The zero-order chi connectivity index (χ0) is 24.0. The number of methoxy groups -OCH3 is 4. The molecule has 180 valence electrons. The number of benzene rings is 2. The minimum atomic E-state index is -3.77. The maximum Gasteiger partial charge on any atom is 0.255 e. The van der Waals surface area contributed by atoms with E-state index in [0.717, 1.165) is 0 Å². The van der Waals surface area contributed by atoms with E-state index in [0.29, 0.717) is 36.0 Å². The van der Waals surface area contributed by atoms with Crippen LogP contribution in [0.2, 0.25) is 0 Å². The maximum absolute atomic E-state index is 13.0. The lowest BCUT2D eigenvalue weighted by Crippen LogP contribution is -2.40. The molecule has 3 rings (SSSR count). The van der Waals surface area contributed by atoms with Gasteiger partial charge in [0.15, 0.2) is 11.5 Å². The van der Waals surface area contributed by atoms with Crippen LogP contribution in [0, 0.1) is 0 Å². The molecule has 1 heterocycles. The molecule has 1 aliphatic rings. The van der Waals surface area contributed by atoms with E-state index in [1.54, 1.807) is 12.1 Å². The summed E-state index contributed by atoms with van der Waals surface area (Å²) in [5.41, 5.74) is 0.755. The fraction of sp³-hybridized carbons (Fsp3) is 0.409. The minimum absolute atomic E-state index is 0.0130. The number of morpholine rings is 1. The SMILES string of the molecule is COc1cc(OC)c(OC)cc1CNC(=O)c1cc(S(=O)(=O)N2CCOCC2)ccc1OC. The first-order valence-electron chi connectivity index (χ1n) is 10.2. The van der Waals surface area contributed by atoms with Crippen LogP contribution in [-0.4, -0.2) is 73.4 Å². The number of sulfonamides is 1. The van der Waals surface area contributed by atoms with Crippen molar-refractivity contribution in [3.8, 4) is 23.0 Å². The molecule has 0 radical (unpaired) electrons. The summed E-state index contributed by atoms with van der Waals surface area (Å²) >= 11 is 0. The second-order valence-electron chi connectivity index (χ2n) is 7.08. The van der Waals surface area contributed by atoms with Crippen LogP contribution in [0.5, 0.6) is 23.0 Å². The standard InChI is InChI=1S/C22H28N2O8S/c1-28-18-6-5-16(33(26,27)24-7-9-32-10-8-24)12-17(18)22(25)23-14-15-11-20(30-3)21(31-4)13-19(15)29-2/h5-6,11-13H,7-10,14H2,1-4H3,(H,23,25). The van der Waals surface area contributed by atoms with Gasteiger partial charge in [0.1, 0.15) is 11.5 Å². The first-order chi connectivity index (χ1) is 15.8. The van der Waals surface area contributed by atoms with Crippen molar-refractivity contribution in [1.82, 2.24) is 9.62 Å². The van der Waals surface area contributed by atoms with Crippen molar-refractivity contribution in [1.29, 1.82) is 0 Å². The average Bonchev–Trinajstić information content (AvgIpc) is 2.86. The highest BCUT2D eigenvalue weighted by molar-refractivity contribution is 7.89. The Morgan fingerprint density at radius 3 is 2.12 bits per heavy atom. The summed E-state index contributed by atoms with van der Waals surface area (Å²) in [6, 6.07) is 7.59. The van der Waals surface area contributed by atoms with Crippen LogP contribution >= 0.6 is 0 Å². The fourth-order valence-electron chi connectivity index (χ4n) is 3.46. The summed E-state index contributed by atoms with van der Waals surface area (Å²) in [6.45, 7) is 1.28. The van der Waals surface area contributed by atoms with Gasteiger partial charge in [0.25, 0.3) is 5.91 Å². The van der Waals surface area contributed by atoms with Crippen molar-refractivity contribution in [2.24, 2.45) is 0 Å². The van der Waals surface area contributed by atoms with Crippen LogP contribution in [-0.2, 0) is 21.3 Å². The molecule has 1 fully saturated rings. The van der Waals surface area contributed by atoms with E-state index >= 15 is 0 Å². The van der Waals surface area contributed by atoms with Crippen molar-refractivity contribution in [2.75, 3.05) is 54.7 Å². The monoisotopic (exact) mass is 480 g/mol. The summed E-state index contributed by atoms with van der Waals surface area (Å²) in [5, 5.41) is 2.79. The van der Waals surface area contributed by atoms with Crippen molar-refractivity contribution in [3.05, 3.63) is 41.5 Å². The molecule has 1 aliphatic heterocycles. The number of amides is 1. The molecule has 2 aromatic rings. The molecule has 0 atom stereocenters. The van der Waals surface area contributed by atoms with Gasteiger partial charge in [0.05, 0.1) is 52.1 Å². The van der Waals surface area contributed by atoms with Crippen molar-refractivity contribution in [2.45, 2.75) is 11.4 Å². The van der Waals surface area contributed by atoms with Crippen LogP contribution in [0.15, 0.2) is 35.2 Å². The zero-order valence-corrected chi connectivity index (χ0v) is 19.9. The van der Waals surface area contributed by atoms with Gasteiger partial charge in [-0.25, -0.2) is 8.42 Å². The normalized spacial score (nSPS) is 14.4. The Labute approximate surface area is 193 Å². The Bertz CT molecular complexity index is 1100. The van der Waals surface area contributed by atoms with E-state index in [1.165, 1.54) is 50.9 Å². The quantitative estimate of drug-likeness (QED) is 0.577. The molecule has 0 unspecified atom stereocenters. The van der Waals surface area contributed by atoms with Crippen LogP contribution in [0.25, 0.3) is 0 Å². The molecule has 1 N–H and O–H groups in total. The molecule has 1 saturated heterocycles. The van der Waals surface area contributed by atoms with E-state index in [2.05, 4.69) is 5.32 Å². The van der Waals surface area contributed by atoms with Gasteiger partial charge in [0.2, 0.25) is 10.0 Å². The summed E-state index contributed by atoms with van der Waals surface area (Å²) in [4.78, 5) is 13.0. The Hall–Kier alpha value is -3.02. The summed E-state index contributed by atoms with van der Waals surface area (Å²) in [6.07, 6.45) is 0. The van der Waals surface area contributed by atoms with Crippen molar-refractivity contribution >= 4 is 15.9 Å². The number of nitrogens with zero attached hydrogens (tertiary/aromatic N) is 1. The summed E-state index contributed by atoms with van der Waals surface area (Å²) < 4.78 is 53.9. The third kappa shape index (κ3) is 5.32. The predicted molar refractivity (Wildman–Crippen MR) is 120 cm³/mol. The van der Waals surface area contributed by atoms with Crippen LogP contribution in [0.4, 0.5) is 0 Å². The van der Waals surface area contributed by atoms with E-state index in [4.69, 9.17) is 23.7 Å². The van der Waals surface area contributed by atoms with Gasteiger partial charge in [-0.2, -0.15) is 4.31 Å². The van der Waals surface area contributed by atoms with E-state index in [9.17, 15) is 13.2 Å². The molecular formula is C22H28N2O8S. The largest absolute Gasteiger partial charge is 0.496 e. The minimum Gasteiger partial charge on any atom is -0.496 e. The highest BCUT2D eigenvalue weighted by Gasteiger charge is 2.28. The highest BCUT2D eigenvalue weighted by Crippen LogP contribution is 2.34. The third-order valence-electron chi connectivity index (χ3n) is 5.25. The topological polar surface area (TPSA) is 113 Å². The second-order valence-corrected chi connectivity index (χ2v) is 9.02. The predicted octanol–water partition coefficient (Wildman–Crippen LogP) is 1.67. The Kier molecular flexibility index (Phi) is 8.01. The Balaban J connectivity index is 1.86. The number of carbonyl (C=O) groups is 1. The summed E-state index contributed by atoms with van der Waals surface area (Å²) in [5.74, 6) is 1.24. The number of rotatable bonds is 9. The van der Waals surface area contributed by atoms with Crippen LogP contribution in [0.3, 0.4) is 0 Å². The number of carbonyl (C=O) groups excluding carboxylic acids is 1. The molecule has 10 nitrogen and oxygen atoms in total. The number of hydrogen-bond acceptors (Lipinski definition) is 8. The molecule has 0 saturated carbocycles. The van der Waals surface area contributed by atoms with Gasteiger partial charge >= 0.3 is 0 Å². The molecule has 0 spiro atoms. The lowest BCUT2D eigenvalue weighted by Gasteiger charge is -2.26. The van der Waals surface area contributed by atoms with E-state index in [-0.39, 0.29) is 35.8 Å². The van der Waals surface area contributed by atoms with Gasteiger partial charge in [-0.05, 0) is 24.3 Å². The molecule has 1 amide bonds. The smallest absolute Gasteiger partial charge is 0.255 e. The van der Waals surface area contributed by atoms with Gasteiger partial charge in [0, 0.05) is 31.3 Å². The zero-order valence-electron chi connectivity index (χ0n) is 19.0. The number of hydrogen-bond donors (Lipinski definition) is 1. The molecule has 11 heteroatoms. The third-order valence-corrected chi connectivity index (χ3v) is 7.14. The Morgan fingerprint density at radius 1 is 0.909 bits per heavy atom. The van der Waals surface area contributed by atoms with Crippen LogP contribution in [0.1, 0.15) is 15.9 Å². The van der Waals surface area contributed by atoms with Crippen molar-refractivity contribution in [3.63, 3.8) is 0 Å². The summed E-state index contributed by atoms with van der Waals surface area (Å²) in [7, 11) is 2.18.